The van der Waals surface area contributed by atoms with Crippen molar-refractivity contribution in [1.29, 1.82) is 0 Å². The van der Waals surface area contributed by atoms with Crippen molar-refractivity contribution < 1.29 is 9.84 Å². The van der Waals surface area contributed by atoms with Crippen LogP contribution in [0.2, 0.25) is 5.02 Å². The van der Waals surface area contributed by atoms with Gasteiger partial charge in [-0.2, -0.15) is 0 Å². The molecule has 18 heavy (non-hydrogen) atoms. The number of nitrogens with zero attached hydrogens (tertiary/aromatic N) is 1. The van der Waals surface area contributed by atoms with Gasteiger partial charge in [0.1, 0.15) is 0 Å². The molecule has 100 valence electrons. The highest BCUT2D eigenvalue weighted by atomic mass is 35.5. The largest absolute Gasteiger partial charge is 0.392 e. The molecule has 1 saturated heterocycles. The van der Waals surface area contributed by atoms with Crippen LogP contribution in [0, 0.1) is 5.92 Å². The Labute approximate surface area is 113 Å². The number of hydrogen-bond acceptors (Lipinski definition) is 3. The molecule has 0 amide bonds. The van der Waals surface area contributed by atoms with Crippen LogP contribution in [-0.4, -0.2) is 31.9 Å². The maximum Gasteiger partial charge on any atom is 0.0716 e. The number of piperidine rings is 1. The molecule has 1 aliphatic heterocycles. The molecule has 1 heterocycles. The number of methoxy groups -OCH3 is 1. The molecule has 0 radical (unpaired) electrons. The maximum absolute atomic E-state index is 9.44. The number of benzene rings is 1. The number of hydrogen-bond donors (Lipinski definition) is 1. The number of halogens is 1. The van der Waals surface area contributed by atoms with Crippen molar-refractivity contribution in [2.24, 2.45) is 5.92 Å². The number of aliphatic hydroxyl groups excluding tert-OH is 1. The molecule has 2 rings (SSSR count). The van der Waals surface area contributed by atoms with E-state index in [1.54, 1.807) is 7.11 Å². The fourth-order valence-corrected chi connectivity index (χ4v) is 2.81. The van der Waals surface area contributed by atoms with Gasteiger partial charge < -0.3 is 14.7 Å². The van der Waals surface area contributed by atoms with Crippen LogP contribution < -0.4 is 4.90 Å². The van der Waals surface area contributed by atoms with E-state index in [-0.39, 0.29) is 6.61 Å². The minimum Gasteiger partial charge on any atom is -0.392 e. The van der Waals surface area contributed by atoms with E-state index >= 15 is 0 Å². The normalized spacial score (nSPS) is 17.2. The molecule has 3 nitrogen and oxygen atoms in total. The van der Waals surface area contributed by atoms with Crippen LogP contribution in [0.25, 0.3) is 0 Å². The molecule has 0 aromatic heterocycles. The average molecular weight is 270 g/mol. The summed E-state index contributed by atoms with van der Waals surface area (Å²) >= 11 is 6.12. The van der Waals surface area contributed by atoms with E-state index in [9.17, 15) is 5.11 Å². The third-order valence-electron chi connectivity index (χ3n) is 3.61. The van der Waals surface area contributed by atoms with Gasteiger partial charge in [-0.1, -0.05) is 17.7 Å². The van der Waals surface area contributed by atoms with Crippen LogP contribution in [0.15, 0.2) is 18.2 Å². The Hall–Kier alpha value is -0.770. The van der Waals surface area contributed by atoms with E-state index in [4.69, 9.17) is 16.3 Å². The van der Waals surface area contributed by atoms with Gasteiger partial charge in [-0.3, -0.25) is 0 Å². The number of aliphatic hydroxyl groups is 1. The van der Waals surface area contributed by atoms with E-state index in [1.807, 2.05) is 18.2 Å². The molecular weight excluding hydrogens is 250 g/mol. The molecule has 0 spiro atoms. The van der Waals surface area contributed by atoms with E-state index in [2.05, 4.69) is 4.90 Å². The number of ether oxygens (including phenoxy) is 1. The van der Waals surface area contributed by atoms with Gasteiger partial charge in [-0.05, 0) is 30.9 Å². The first-order chi connectivity index (χ1) is 8.76. The molecule has 0 saturated carbocycles. The van der Waals surface area contributed by atoms with E-state index in [0.717, 1.165) is 43.8 Å². The van der Waals surface area contributed by atoms with Crippen LogP contribution in [0.5, 0.6) is 0 Å². The van der Waals surface area contributed by atoms with Crippen molar-refractivity contribution in [3.05, 3.63) is 28.8 Å². The van der Waals surface area contributed by atoms with Crippen LogP contribution in [0.3, 0.4) is 0 Å². The summed E-state index contributed by atoms with van der Waals surface area (Å²) in [6.45, 7) is 2.84. The summed E-state index contributed by atoms with van der Waals surface area (Å²) in [5, 5.41) is 10.1. The summed E-state index contributed by atoms with van der Waals surface area (Å²) in [4.78, 5) is 2.31. The van der Waals surface area contributed by atoms with E-state index < -0.39 is 0 Å². The summed E-state index contributed by atoms with van der Waals surface area (Å²) in [5.74, 6) is 0.656. The van der Waals surface area contributed by atoms with Crippen LogP contribution in [-0.2, 0) is 11.3 Å². The first-order valence-electron chi connectivity index (χ1n) is 6.38. The molecule has 0 atom stereocenters. The van der Waals surface area contributed by atoms with Gasteiger partial charge in [-0.25, -0.2) is 0 Å². The Morgan fingerprint density at radius 3 is 2.72 bits per heavy atom. The quantitative estimate of drug-likeness (QED) is 0.912. The summed E-state index contributed by atoms with van der Waals surface area (Å²) in [5.41, 5.74) is 1.91. The molecule has 0 aliphatic carbocycles. The average Bonchev–Trinajstić information content (AvgIpc) is 2.40. The topological polar surface area (TPSA) is 32.7 Å². The fraction of sp³-hybridized carbons (Fsp3) is 0.571. The lowest BCUT2D eigenvalue weighted by Gasteiger charge is -2.34. The summed E-state index contributed by atoms with van der Waals surface area (Å²) in [6, 6.07) is 5.81. The van der Waals surface area contributed by atoms with Crippen molar-refractivity contribution in [1.82, 2.24) is 0 Å². The molecule has 4 heteroatoms. The van der Waals surface area contributed by atoms with Crippen molar-refractivity contribution in [2.45, 2.75) is 19.4 Å². The monoisotopic (exact) mass is 269 g/mol. The highest BCUT2D eigenvalue weighted by Crippen LogP contribution is 2.30. The third-order valence-corrected chi connectivity index (χ3v) is 3.96. The molecule has 0 bridgehead atoms. The zero-order valence-corrected chi connectivity index (χ0v) is 11.5. The number of rotatable bonds is 4. The van der Waals surface area contributed by atoms with Crippen molar-refractivity contribution in [3.8, 4) is 0 Å². The molecular formula is C14H20ClNO2. The minimum atomic E-state index is -0.00694. The smallest absolute Gasteiger partial charge is 0.0716 e. The summed E-state index contributed by atoms with van der Waals surface area (Å²) in [6.07, 6.45) is 2.26. The second-order valence-electron chi connectivity index (χ2n) is 4.78. The van der Waals surface area contributed by atoms with Crippen molar-refractivity contribution in [2.75, 3.05) is 31.7 Å². The lowest BCUT2D eigenvalue weighted by Crippen LogP contribution is -2.35. The second-order valence-corrected chi connectivity index (χ2v) is 5.19. The highest BCUT2D eigenvalue weighted by Gasteiger charge is 2.21. The molecule has 1 fully saturated rings. The van der Waals surface area contributed by atoms with Gasteiger partial charge in [0.25, 0.3) is 0 Å². The van der Waals surface area contributed by atoms with Crippen molar-refractivity contribution >= 4 is 17.3 Å². The molecule has 1 aromatic carbocycles. The predicted octanol–water partition coefficient (Wildman–Crippen LogP) is 2.70. The maximum atomic E-state index is 9.44. The van der Waals surface area contributed by atoms with Gasteiger partial charge >= 0.3 is 0 Å². The Kier molecular flexibility index (Phi) is 4.87. The summed E-state index contributed by atoms with van der Waals surface area (Å²) in [7, 11) is 1.76. The van der Waals surface area contributed by atoms with Crippen molar-refractivity contribution in [3.63, 3.8) is 0 Å². The standard InChI is InChI=1S/C14H20ClNO2/c1-18-10-11-5-7-16(8-6-11)14-4-2-3-13(15)12(14)9-17/h2-4,11,17H,5-10H2,1H3. The highest BCUT2D eigenvalue weighted by molar-refractivity contribution is 6.31. The van der Waals surface area contributed by atoms with E-state index in [0.29, 0.717) is 10.9 Å². The van der Waals surface area contributed by atoms with Gasteiger partial charge in [0.15, 0.2) is 0 Å². The fourth-order valence-electron chi connectivity index (χ4n) is 2.58. The second kappa shape index (κ2) is 6.41. The van der Waals surface area contributed by atoms with Crippen LogP contribution >= 0.6 is 11.6 Å². The first kappa shape index (κ1) is 13.7. The predicted molar refractivity (Wildman–Crippen MR) is 74.2 cm³/mol. The number of anilines is 1. The molecule has 1 aliphatic rings. The lowest BCUT2D eigenvalue weighted by molar-refractivity contribution is 0.139. The Morgan fingerprint density at radius 2 is 2.11 bits per heavy atom. The zero-order valence-electron chi connectivity index (χ0n) is 10.7. The third kappa shape index (κ3) is 2.97. The van der Waals surface area contributed by atoms with Crippen LogP contribution in [0.1, 0.15) is 18.4 Å². The molecule has 0 unspecified atom stereocenters. The minimum absolute atomic E-state index is 0.00694. The Morgan fingerprint density at radius 1 is 1.39 bits per heavy atom. The molecule has 1 aromatic rings. The van der Waals surface area contributed by atoms with Crippen LogP contribution in [0.4, 0.5) is 5.69 Å². The van der Waals surface area contributed by atoms with E-state index in [1.165, 1.54) is 0 Å². The Bertz CT molecular complexity index is 389. The first-order valence-corrected chi connectivity index (χ1v) is 6.76. The SMILES string of the molecule is COCC1CCN(c2cccc(Cl)c2CO)CC1. The molecule has 1 N–H and O–H groups in total. The lowest BCUT2D eigenvalue weighted by atomic mass is 9.97. The van der Waals surface area contributed by atoms with Gasteiger partial charge in [0.2, 0.25) is 0 Å². The summed E-state index contributed by atoms with van der Waals surface area (Å²) < 4.78 is 5.21. The van der Waals surface area contributed by atoms with Gasteiger partial charge in [0, 0.05) is 43.1 Å². The Balaban J connectivity index is 2.07. The zero-order chi connectivity index (χ0) is 13.0. The van der Waals surface area contributed by atoms with Gasteiger partial charge in [-0.15, -0.1) is 0 Å². The van der Waals surface area contributed by atoms with Gasteiger partial charge in [0.05, 0.1) is 6.61 Å².